The molecule has 0 aliphatic heterocycles. The molecule has 0 bridgehead atoms. The molecule has 22 aromatic rings. The molecule has 8 nitrogen and oxygen atoms in total. The molecule has 0 unspecified atom stereocenters. The topological polar surface area (TPSA) is 103 Å². The highest BCUT2D eigenvalue weighted by molar-refractivity contribution is 6.10. The highest BCUT2D eigenvalue weighted by atomic mass is 14.8. The molecule has 0 atom stereocenters. The zero-order valence-electron chi connectivity index (χ0n) is 60.5. The van der Waals surface area contributed by atoms with Gasteiger partial charge in [-0.15, -0.1) is 0 Å². The lowest BCUT2D eigenvalue weighted by atomic mass is 9.95. The molecule has 8 heteroatoms. The van der Waals surface area contributed by atoms with Gasteiger partial charge in [0.1, 0.15) is 0 Å². The number of benzene rings is 14. The third-order valence-corrected chi connectivity index (χ3v) is 21.8. The Kier molecular flexibility index (Phi) is 16.1. The maximum absolute atomic E-state index is 5.26. The van der Waals surface area contributed by atoms with Crippen LogP contribution >= 0.6 is 0 Å². The van der Waals surface area contributed by atoms with Gasteiger partial charge >= 0.3 is 0 Å². The minimum atomic E-state index is 0.915. The van der Waals surface area contributed by atoms with Gasteiger partial charge in [0, 0.05) is 88.9 Å². The van der Waals surface area contributed by atoms with Crippen molar-refractivity contribution in [3.8, 4) is 112 Å². The predicted octanol–water partition coefficient (Wildman–Crippen LogP) is 26.7. The molecule has 14 aromatic carbocycles. The van der Waals surface area contributed by atoms with Crippen molar-refractivity contribution >= 4 is 109 Å². The molecule has 0 aliphatic rings. The average molecular weight is 1430 g/mol. The lowest BCUT2D eigenvalue weighted by molar-refractivity contribution is 1.37. The molecule has 112 heavy (non-hydrogen) atoms. The molecule has 8 heterocycles. The first-order chi connectivity index (χ1) is 55.4. The molecular formula is C104H64N8. The van der Waals surface area contributed by atoms with E-state index in [-0.39, 0.29) is 0 Å². The Morgan fingerprint density at radius 1 is 0.143 bits per heavy atom. The van der Waals surface area contributed by atoms with Crippen LogP contribution in [0.4, 0.5) is 0 Å². The van der Waals surface area contributed by atoms with Gasteiger partial charge in [0.2, 0.25) is 0 Å². The number of hydrogen-bond acceptors (Lipinski definition) is 8. The van der Waals surface area contributed by atoms with Crippen LogP contribution in [0.2, 0.25) is 0 Å². The Bertz CT molecular complexity index is 7510. The summed E-state index contributed by atoms with van der Waals surface area (Å²) in [6.45, 7) is 0. The van der Waals surface area contributed by atoms with Crippen molar-refractivity contribution in [2.45, 2.75) is 0 Å². The van der Waals surface area contributed by atoms with Crippen LogP contribution < -0.4 is 0 Å². The van der Waals surface area contributed by atoms with Crippen molar-refractivity contribution in [3.05, 3.63) is 389 Å². The second-order valence-electron chi connectivity index (χ2n) is 28.5. The summed E-state index contributed by atoms with van der Waals surface area (Å²) in [7, 11) is 0. The number of aromatic nitrogens is 8. The van der Waals surface area contributed by atoms with Crippen LogP contribution in [0.25, 0.3) is 221 Å². The zero-order chi connectivity index (χ0) is 74.0. The second-order valence-corrected chi connectivity index (χ2v) is 28.5. The molecule has 0 fully saturated rings. The molecule has 0 saturated carbocycles. The van der Waals surface area contributed by atoms with Crippen LogP contribution in [0.1, 0.15) is 0 Å². The van der Waals surface area contributed by atoms with E-state index in [0.717, 1.165) is 199 Å². The van der Waals surface area contributed by atoms with E-state index < -0.39 is 0 Å². The largest absolute Gasteiger partial charge is 0.254 e. The van der Waals surface area contributed by atoms with Gasteiger partial charge in [-0.25, -0.2) is 29.9 Å². The summed E-state index contributed by atoms with van der Waals surface area (Å²) in [6.07, 6.45) is 3.67. The van der Waals surface area contributed by atoms with E-state index in [9.17, 15) is 0 Å². The molecule has 0 N–H and O–H groups in total. The maximum Gasteiger partial charge on any atom is 0.0972 e. The fraction of sp³-hybridized carbons (Fsp3) is 0. The first kappa shape index (κ1) is 65.2. The normalized spacial score (nSPS) is 11.6. The lowest BCUT2D eigenvalue weighted by Crippen LogP contribution is -1.92. The molecular weight excluding hydrogens is 1360 g/mol. The third kappa shape index (κ3) is 12.1. The highest BCUT2D eigenvalue weighted by Crippen LogP contribution is 2.41. The van der Waals surface area contributed by atoms with E-state index in [1.165, 1.54) is 22.3 Å². The van der Waals surface area contributed by atoms with E-state index in [2.05, 4.69) is 362 Å². The van der Waals surface area contributed by atoms with E-state index in [1.54, 1.807) is 0 Å². The minimum absolute atomic E-state index is 0.915. The molecule has 0 saturated heterocycles. The van der Waals surface area contributed by atoms with E-state index in [4.69, 9.17) is 29.9 Å². The van der Waals surface area contributed by atoms with Gasteiger partial charge in [-0.3, -0.25) is 9.97 Å². The monoisotopic (exact) mass is 1420 g/mol. The van der Waals surface area contributed by atoms with E-state index in [1.807, 2.05) is 36.7 Å². The van der Waals surface area contributed by atoms with Crippen LogP contribution in [0.15, 0.2) is 389 Å². The third-order valence-electron chi connectivity index (χ3n) is 21.8. The number of fused-ring (bicyclic) bond motifs is 12. The van der Waals surface area contributed by atoms with Crippen LogP contribution in [-0.2, 0) is 0 Å². The first-order valence-corrected chi connectivity index (χ1v) is 37.7. The van der Waals surface area contributed by atoms with Crippen molar-refractivity contribution < 1.29 is 0 Å². The van der Waals surface area contributed by atoms with Gasteiger partial charge in [-0.1, -0.05) is 285 Å². The zero-order valence-corrected chi connectivity index (χ0v) is 60.5. The molecule has 22 rings (SSSR count). The van der Waals surface area contributed by atoms with Gasteiger partial charge in [0.15, 0.2) is 0 Å². The Morgan fingerprint density at radius 3 is 0.920 bits per heavy atom. The standard InChI is InChI=1S/2C52H32N4/c1-2-8-33(9-3-1)37-10-6-11-40(30-37)46-26-22-41-31-38(21-25-47(41)54-46)39-18-15-34-19-27-48(55-50(34)32-39)44-23-24-45(43-14-5-4-13-42(43)44)49-28-20-36-17-16-35-12-7-29-53-51(35)52(36)56-49;1-2-7-33(8-3-1)34-12-14-35(15-13-34)46-27-23-41-31-39(22-26-47(41)54-46)40-19-16-36-20-28-48(55-50(36)32-40)44-24-25-45(43-11-5-4-10-42(43)44)49-29-21-38-18-17-37-9-6-30-53-51(37)52(38)56-49/h2*1-32H. The Labute approximate surface area is 645 Å². The summed E-state index contributed by atoms with van der Waals surface area (Å²) in [6, 6.07) is 132. The molecule has 520 valence electrons. The number of pyridine rings is 8. The summed E-state index contributed by atoms with van der Waals surface area (Å²) in [5.41, 5.74) is 29.0. The highest BCUT2D eigenvalue weighted by Gasteiger charge is 2.18. The maximum atomic E-state index is 5.26. The van der Waals surface area contributed by atoms with Crippen LogP contribution in [0, 0.1) is 0 Å². The minimum Gasteiger partial charge on any atom is -0.254 e. The lowest BCUT2D eigenvalue weighted by Gasteiger charge is -2.13. The Morgan fingerprint density at radius 2 is 0.446 bits per heavy atom. The van der Waals surface area contributed by atoms with E-state index in [0.29, 0.717) is 0 Å². The fourth-order valence-corrected chi connectivity index (χ4v) is 16.0. The Hall–Kier alpha value is -15.1. The molecule has 0 radical (unpaired) electrons. The van der Waals surface area contributed by atoms with Crippen LogP contribution in [0.3, 0.4) is 0 Å². The SMILES string of the molecule is c1ccc(-c2ccc(-c3ccc4cc(-c5ccc6ccc(-c7ccc(-c8ccc9ccc%10cccnc%10c9n8)c8ccccc78)nc6c5)ccc4n3)cc2)cc1.c1ccc(-c2cccc(-c3ccc4cc(-c5ccc6ccc(-c7ccc(-c8ccc9ccc%10cccnc%10c9n8)c8ccccc78)nc6c5)ccc4n3)c2)cc1. The van der Waals surface area contributed by atoms with Crippen LogP contribution in [0.5, 0.6) is 0 Å². The number of rotatable bonds is 10. The summed E-state index contributed by atoms with van der Waals surface area (Å²) < 4.78 is 0. The van der Waals surface area contributed by atoms with Gasteiger partial charge < -0.3 is 0 Å². The van der Waals surface area contributed by atoms with E-state index >= 15 is 0 Å². The van der Waals surface area contributed by atoms with Crippen molar-refractivity contribution in [3.63, 3.8) is 0 Å². The molecule has 0 amide bonds. The van der Waals surface area contributed by atoms with Gasteiger partial charge in [0.05, 0.1) is 78.3 Å². The molecule has 8 aromatic heterocycles. The second kappa shape index (κ2) is 27.6. The molecule has 0 aliphatic carbocycles. The van der Waals surface area contributed by atoms with Crippen molar-refractivity contribution in [1.29, 1.82) is 0 Å². The predicted molar refractivity (Wildman–Crippen MR) is 465 cm³/mol. The van der Waals surface area contributed by atoms with Crippen LogP contribution in [-0.4, -0.2) is 39.9 Å². The smallest absolute Gasteiger partial charge is 0.0972 e. The summed E-state index contributed by atoms with van der Waals surface area (Å²) >= 11 is 0. The quantitative estimate of drug-likeness (QED) is 0.125. The van der Waals surface area contributed by atoms with Crippen molar-refractivity contribution in [2.24, 2.45) is 0 Å². The van der Waals surface area contributed by atoms with Crippen molar-refractivity contribution in [2.75, 3.05) is 0 Å². The molecule has 0 spiro atoms. The first-order valence-electron chi connectivity index (χ1n) is 37.7. The van der Waals surface area contributed by atoms with Crippen molar-refractivity contribution in [1.82, 2.24) is 39.9 Å². The Balaban J connectivity index is 0.000000141. The average Bonchev–Trinajstić information content (AvgIpc) is 0.758. The fourth-order valence-electron chi connectivity index (χ4n) is 16.0. The summed E-state index contributed by atoms with van der Waals surface area (Å²) in [5.74, 6) is 0. The van der Waals surface area contributed by atoms with Gasteiger partial charge in [-0.05, 0) is 157 Å². The number of hydrogen-bond donors (Lipinski definition) is 0. The summed E-state index contributed by atoms with van der Waals surface area (Å²) in [5, 5.41) is 13.3. The number of nitrogens with zero attached hydrogens (tertiary/aromatic N) is 8. The van der Waals surface area contributed by atoms with Gasteiger partial charge in [-0.2, -0.15) is 0 Å². The summed E-state index contributed by atoms with van der Waals surface area (Å²) in [4.78, 5) is 40.3. The van der Waals surface area contributed by atoms with Gasteiger partial charge in [0.25, 0.3) is 0 Å².